The molecule has 0 aliphatic carbocycles. The fourth-order valence-corrected chi connectivity index (χ4v) is 3.78. The molecule has 1 fully saturated rings. The lowest BCUT2D eigenvalue weighted by molar-refractivity contribution is 0.0950. The molecule has 0 atom stereocenters. The van der Waals surface area contributed by atoms with Gasteiger partial charge in [0.1, 0.15) is 11.6 Å². The van der Waals surface area contributed by atoms with Gasteiger partial charge in [-0.1, -0.05) is 12.1 Å². The minimum absolute atomic E-state index is 0.0849. The van der Waals surface area contributed by atoms with E-state index < -0.39 is 0 Å². The molecule has 6 heteroatoms. The van der Waals surface area contributed by atoms with E-state index >= 15 is 0 Å². The van der Waals surface area contributed by atoms with E-state index in [1.165, 1.54) is 20.0 Å². The smallest absolute Gasteiger partial charge is 0.251 e. The Labute approximate surface area is 166 Å². The van der Waals surface area contributed by atoms with Crippen molar-refractivity contribution in [3.8, 4) is 23.1 Å². The minimum Gasteiger partial charge on any atom is -0.480 e. The first-order valence-corrected chi connectivity index (χ1v) is 9.61. The van der Waals surface area contributed by atoms with Gasteiger partial charge in [-0.15, -0.1) is 0 Å². The van der Waals surface area contributed by atoms with Gasteiger partial charge >= 0.3 is 0 Å². The van der Waals surface area contributed by atoms with Crippen LogP contribution in [0.1, 0.15) is 40.0 Å². The fraction of sp³-hybridized carbons (Fsp3) is 0.409. The molecule has 6 nitrogen and oxygen atoms in total. The number of aryl methyl sites for hydroxylation is 1. The molecular weight excluding hydrogens is 352 g/mol. The molecule has 0 saturated carbocycles. The van der Waals surface area contributed by atoms with E-state index in [9.17, 15) is 10.1 Å². The van der Waals surface area contributed by atoms with Crippen molar-refractivity contribution < 1.29 is 9.53 Å². The molecule has 1 aromatic heterocycles. The van der Waals surface area contributed by atoms with E-state index in [0.717, 1.165) is 42.0 Å². The summed E-state index contributed by atoms with van der Waals surface area (Å²) in [5, 5.41) is 12.5. The second-order valence-corrected chi connectivity index (χ2v) is 7.08. The number of benzene rings is 1. The second kappa shape index (κ2) is 8.85. The first-order valence-electron chi connectivity index (χ1n) is 9.61. The number of pyridine rings is 1. The van der Waals surface area contributed by atoms with Crippen molar-refractivity contribution in [2.24, 2.45) is 0 Å². The summed E-state index contributed by atoms with van der Waals surface area (Å²) in [7, 11) is 1.51. The molecule has 3 rings (SSSR count). The predicted octanol–water partition coefficient (Wildman–Crippen LogP) is 3.07. The summed E-state index contributed by atoms with van der Waals surface area (Å²) in [5.41, 5.74) is 4.33. The van der Waals surface area contributed by atoms with Gasteiger partial charge in [-0.25, -0.2) is 4.98 Å². The van der Waals surface area contributed by atoms with Gasteiger partial charge in [0.25, 0.3) is 5.91 Å². The van der Waals surface area contributed by atoms with Crippen molar-refractivity contribution in [3.05, 3.63) is 46.6 Å². The van der Waals surface area contributed by atoms with Crippen LogP contribution in [0.15, 0.2) is 24.3 Å². The number of hydrogen-bond donors (Lipinski definition) is 1. The Morgan fingerprint density at radius 2 is 2.07 bits per heavy atom. The zero-order valence-corrected chi connectivity index (χ0v) is 16.7. The Bertz CT molecular complexity index is 911. The number of nitrogens with zero attached hydrogens (tertiary/aromatic N) is 3. The summed E-state index contributed by atoms with van der Waals surface area (Å²) >= 11 is 0. The Hall–Kier alpha value is -2.91. The molecule has 1 amide bonds. The Balaban J connectivity index is 1.81. The molecule has 0 unspecified atom stereocenters. The first kappa shape index (κ1) is 19.8. The van der Waals surface area contributed by atoms with Crippen LogP contribution >= 0.6 is 0 Å². The van der Waals surface area contributed by atoms with E-state index in [-0.39, 0.29) is 5.91 Å². The van der Waals surface area contributed by atoms with E-state index in [2.05, 4.69) is 21.3 Å². The summed E-state index contributed by atoms with van der Waals surface area (Å²) in [6.07, 6.45) is 2.49. The van der Waals surface area contributed by atoms with Gasteiger partial charge in [0.05, 0.1) is 7.11 Å². The monoisotopic (exact) mass is 378 g/mol. The third-order valence-electron chi connectivity index (χ3n) is 5.23. The summed E-state index contributed by atoms with van der Waals surface area (Å²) in [6, 6.07) is 9.63. The average molecular weight is 378 g/mol. The molecule has 1 aliphatic heterocycles. The van der Waals surface area contributed by atoms with Crippen molar-refractivity contribution >= 4 is 5.91 Å². The number of aromatic nitrogens is 1. The largest absolute Gasteiger partial charge is 0.480 e. The lowest BCUT2D eigenvalue weighted by atomic mass is 9.95. The highest BCUT2D eigenvalue weighted by molar-refractivity contribution is 5.95. The van der Waals surface area contributed by atoms with Crippen molar-refractivity contribution in [1.29, 1.82) is 5.26 Å². The number of carbonyl (C=O) groups excluding carboxylic acids is 1. The first-order chi connectivity index (χ1) is 13.5. The van der Waals surface area contributed by atoms with Crippen LogP contribution in [0, 0.1) is 25.2 Å². The second-order valence-electron chi connectivity index (χ2n) is 7.08. The maximum atomic E-state index is 12.6. The number of hydrogen-bond acceptors (Lipinski definition) is 5. The molecule has 28 heavy (non-hydrogen) atoms. The molecule has 1 N–H and O–H groups in total. The number of amides is 1. The standard InChI is InChI=1S/C22H26N4O2/c1-15-19(14-23)22(28-3)25-16(2)20(15)17-7-6-8-18(13-17)21(27)24-9-12-26-10-4-5-11-26/h6-8,13H,4-5,9-12H2,1-3H3,(H,24,27). The summed E-state index contributed by atoms with van der Waals surface area (Å²) in [6.45, 7) is 7.54. The number of nitriles is 1. The van der Waals surface area contributed by atoms with Crippen molar-refractivity contribution in [2.75, 3.05) is 33.3 Å². The van der Waals surface area contributed by atoms with Crippen LogP contribution in [0.2, 0.25) is 0 Å². The van der Waals surface area contributed by atoms with Crippen LogP contribution in [0.5, 0.6) is 5.88 Å². The topological polar surface area (TPSA) is 78.2 Å². The number of rotatable bonds is 6. The molecule has 0 radical (unpaired) electrons. The molecular formula is C22H26N4O2. The van der Waals surface area contributed by atoms with Crippen LogP contribution in [0.25, 0.3) is 11.1 Å². The van der Waals surface area contributed by atoms with Gasteiger partial charge < -0.3 is 15.0 Å². The van der Waals surface area contributed by atoms with Gasteiger partial charge in [-0.3, -0.25) is 4.79 Å². The number of methoxy groups -OCH3 is 1. The van der Waals surface area contributed by atoms with Gasteiger partial charge in [-0.05, 0) is 63.0 Å². The van der Waals surface area contributed by atoms with E-state index in [1.807, 2.05) is 38.1 Å². The lowest BCUT2D eigenvalue weighted by Crippen LogP contribution is -2.33. The molecule has 146 valence electrons. The predicted molar refractivity (Wildman–Crippen MR) is 108 cm³/mol. The lowest BCUT2D eigenvalue weighted by Gasteiger charge is -2.16. The maximum Gasteiger partial charge on any atom is 0.251 e. The van der Waals surface area contributed by atoms with Gasteiger partial charge in [0.15, 0.2) is 0 Å². The third kappa shape index (κ3) is 4.15. The number of nitrogens with one attached hydrogen (secondary N) is 1. The van der Waals surface area contributed by atoms with E-state index in [0.29, 0.717) is 23.6 Å². The van der Waals surface area contributed by atoms with Crippen LogP contribution in [-0.2, 0) is 0 Å². The van der Waals surface area contributed by atoms with Gasteiger partial charge in [0.2, 0.25) is 5.88 Å². The Morgan fingerprint density at radius 3 is 2.75 bits per heavy atom. The normalized spacial score (nSPS) is 13.9. The number of ether oxygens (including phenoxy) is 1. The Kier molecular flexibility index (Phi) is 6.27. The van der Waals surface area contributed by atoms with Crippen molar-refractivity contribution in [2.45, 2.75) is 26.7 Å². The van der Waals surface area contributed by atoms with Crippen LogP contribution in [0.3, 0.4) is 0 Å². The van der Waals surface area contributed by atoms with Gasteiger partial charge in [0, 0.05) is 29.9 Å². The number of carbonyl (C=O) groups is 1. The highest BCUT2D eigenvalue weighted by Gasteiger charge is 2.18. The zero-order valence-electron chi connectivity index (χ0n) is 16.7. The quantitative estimate of drug-likeness (QED) is 0.836. The molecule has 2 heterocycles. The van der Waals surface area contributed by atoms with E-state index in [4.69, 9.17) is 4.74 Å². The van der Waals surface area contributed by atoms with Crippen LogP contribution in [-0.4, -0.2) is 49.1 Å². The summed E-state index contributed by atoms with van der Waals surface area (Å²) < 4.78 is 5.24. The fourth-order valence-electron chi connectivity index (χ4n) is 3.78. The highest BCUT2D eigenvalue weighted by atomic mass is 16.5. The minimum atomic E-state index is -0.0849. The molecule has 0 spiro atoms. The summed E-state index contributed by atoms with van der Waals surface area (Å²) in [4.78, 5) is 19.4. The molecule has 1 aromatic carbocycles. The molecule has 1 saturated heterocycles. The third-order valence-corrected chi connectivity index (χ3v) is 5.23. The van der Waals surface area contributed by atoms with Crippen LogP contribution in [0.4, 0.5) is 0 Å². The average Bonchev–Trinajstić information content (AvgIpc) is 3.21. The number of likely N-dealkylation sites (tertiary alicyclic amines) is 1. The SMILES string of the molecule is COc1nc(C)c(-c2cccc(C(=O)NCCN3CCCC3)c2)c(C)c1C#N. The highest BCUT2D eigenvalue weighted by Crippen LogP contribution is 2.32. The van der Waals surface area contributed by atoms with Gasteiger partial charge in [-0.2, -0.15) is 5.26 Å². The summed E-state index contributed by atoms with van der Waals surface area (Å²) in [5.74, 6) is 0.246. The van der Waals surface area contributed by atoms with Crippen LogP contribution < -0.4 is 10.1 Å². The molecule has 2 aromatic rings. The zero-order chi connectivity index (χ0) is 20.1. The van der Waals surface area contributed by atoms with Crippen molar-refractivity contribution in [1.82, 2.24) is 15.2 Å². The van der Waals surface area contributed by atoms with Crippen molar-refractivity contribution in [3.63, 3.8) is 0 Å². The molecule has 0 bridgehead atoms. The Morgan fingerprint density at radius 1 is 1.32 bits per heavy atom. The van der Waals surface area contributed by atoms with E-state index in [1.54, 1.807) is 0 Å². The molecule has 1 aliphatic rings. The maximum absolute atomic E-state index is 12.6.